The zero-order valence-electron chi connectivity index (χ0n) is 23.4. The molecule has 0 aliphatic carbocycles. The van der Waals surface area contributed by atoms with Gasteiger partial charge in [-0.1, -0.05) is 85.8 Å². The molecule has 3 aromatic carbocycles. The molecule has 0 fully saturated rings. The lowest BCUT2D eigenvalue weighted by Gasteiger charge is -2.25. The van der Waals surface area contributed by atoms with Crippen molar-refractivity contribution in [1.82, 2.24) is 4.57 Å². The highest BCUT2D eigenvalue weighted by atomic mass is 79.9. The van der Waals surface area contributed by atoms with Crippen LogP contribution in [0.15, 0.2) is 98.3 Å². The van der Waals surface area contributed by atoms with Crippen LogP contribution in [0.1, 0.15) is 61.9 Å². The summed E-state index contributed by atoms with van der Waals surface area (Å²) in [6.07, 6.45) is 1.85. The number of rotatable bonds is 8. The summed E-state index contributed by atoms with van der Waals surface area (Å²) in [7, 11) is 0. The van der Waals surface area contributed by atoms with Crippen LogP contribution in [-0.4, -0.2) is 17.1 Å². The van der Waals surface area contributed by atoms with Crippen molar-refractivity contribution in [2.75, 3.05) is 6.61 Å². The SMILES string of the molecule is CCOC(=O)C1=C(C)N=c2s/c(=C\c3ccc(OCc4ccccc4)c(Br)c3)c(=O)n2[C@@H]1c1ccc(C(C)C)cc1. The van der Waals surface area contributed by atoms with Crippen LogP contribution in [0.3, 0.4) is 0 Å². The first-order chi connectivity index (χ1) is 19.8. The molecule has 2 heterocycles. The van der Waals surface area contributed by atoms with E-state index in [1.807, 2.05) is 78.9 Å². The minimum absolute atomic E-state index is 0.207. The highest BCUT2D eigenvalue weighted by molar-refractivity contribution is 9.10. The predicted molar refractivity (Wildman–Crippen MR) is 166 cm³/mol. The molecule has 0 N–H and O–H groups in total. The summed E-state index contributed by atoms with van der Waals surface area (Å²) in [5.41, 5.74) is 4.66. The summed E-state index contributed by atoms with van der Waals surface area (Å²) >= 11 is 4.92. The van der Waals surface area contributed by atoms with Crippen LogP contribution in [0.4, 0.5) is 0 Å². The van der Waals surface area contributed by atoms with E-state index in [9.17, 15) is 9.59 Å². The standard InChI is InChI=1S/C33H31BrN2O4S/c1-5-39-32(38)29-21(4)35-33-36(30(29)25-14-12-24(13-15-25)20(2)3)31(37)28(41-33)18-23-11-16-27(26(34)17-23)40-19-22-9-7-6-8-10-22/h6-18,20,30H,5,19H2,1-4H3/b28-18-/t30-/m1/s1. The Morgan fingerprint density at radius 3 is 2.49 bits per heavy atom. The molecule has 0 radical (unpaired) electrons. The number of carbonyl (C=O) groups excluding carboxylic acids is 1. The molecule has 0 amide bonds. The van der Waals surface area contributed by atoms with Crippen molar-refractivity contribution in [2.45, 2.75) is 46.3 Å². The van der Waals surface area contributed by atoms with Gasteiger partial charge >= 0.3 is 5.97 Å². The number of allylic oxidation sites excluding steroid dienone is 1. The summed E-state index contributed by atoms with van der Waals surface area (Å²) in [4.78, 5) is 32.2. The Labute approximate surface area is 251 Å². The van der Waals surface area contributed by atoms with Crippen LogP contribution in [-0.2, 0) is 16.1 Å². The third-order valence-electron chi connectivity index (χ3n) is 6.93. The Balaban J connectivity index is 1.54. The normalized spacial score (nSPS) is 15.1. The second-order valence-electron chi connectivity index (χ2n) is 10.1. The average Bonchev–Trinajstić information content (AvgIpc) is 3.26. The molecule has 41 heavy (non-hydrogen) atoms. The first-order valence-corrected chi connectivity index (χ1v) is 15.1. The van der Waals surface area contributed by atoms with E-state index in [1.165, 1.54) is 16.9 Å². The van der Waals surface area contributed by atoms with Gasteiger partial charge in [-0.15, -0.1) is 0 Å². The van der Waals surface area contributed by atoms with Gasteiger partial charge in [-0.05, 0) is 76.2 Å². The highest BCUT2D eigenvalue weighted by Crippen LogP contribution is 2.32. The number of fused-ring (bicyclic) bond motifs is 1. The Bertz CT molecular complexity index is 1790. The smallest absolute Gasteiger partial charge is 0.338 e. The summed E-state index contributed by atoms with van der Waals surface area (Å²) in [6.45, 7) is 8.52. The van der Waals surface area contributed by atoms with E-state index < -0.39 is 12.0 Å². The molecule has 0 saturated carbocycles. The van der Waals surface area contributed by atoms with Gasteiger partial charge in [-0.2, -0.15) is 0 Å². The quantitative estimate of drug-likeness (QED) is 0.215. The molecule has 6 nitrogen and oxygen atoms in total. The first-order valence-electron chi connectivity index (χ1n) is 13.5. The number of halogens is 1. The molecule has 0 spiro atoms. The number of hydrogen-bond donors (Lipinski definition) is 0. The molecule has 1 aliphatic rings. The Kier molecular flexibility index (Phi) is 8.71. The number of aromatic nitrogens is 1. The van der Waals surface area contributed by atoms with Crippen molar-refractivity contribution in [3.63, 3.8) is 0 Å². The van der Waals surface area contributed by atoms with E-state index in [0.717, 1.165) is 21.2 Å². The Hall–Kier alpha value is -3.75. The van der Waals surface area contributed by atoms with Crippen molar-refractivity contribution in [3.8, 4) is 5.75 Å². The van der Waals surface area contributed by atoms with Gasteiger partial charge in [-0.25, -0.2) is 9.79 Å². The molecule has 1 atom stereocenters. The lowest BCUT2D eigenvalue weighted by Crippen LogP contribution is -2.39. The van der Waals surface area contributed by atoms with Gasteiger partial charge in [-0.3, -0.25) is 9.36 Å². The molecule has 210 valence electrons. The van der Waals surface area contributed by atoms with E-state index in [1.54, 1.807) is 18.4 Å². The number of esters is 1. The van der Waals surface area contributed by atoms with E-state index in [2.05, 4.69) is 34.8 Å². The van der Waals surface area contributed by atoms with E-state index in [4.69, 9.17) is 9.47 Å². The Morgan fingerprint density at radius 1 is 1.10 bits per heavy atom. The summed E-state index contributed by atoms with van der Waals surface area (Å²) < 4.78 is 14.3. The number of thiazole rings is 1. The topological polar surface area (TPSA) is 69.9 Å². The molecule has 0 bridgehead atoms. The van der Waals surface area contributed by atoms with Crippen molar-refractivity contribution in [3.05, 3.63) is 130 Å². The first kappa shape index (κ1) is 28.8. The number of ether oxygens (including phenoxy) is 2. The maximum Gasteiger partial charge on any atom is 0.338 e. The van der Waals surface area contributed by atoms with Crippen LogP contribution in [0.2, 0.25) is 0 Å². The van der Waals surface area contributed by atoms with Gasteiger partial charge in [0.1, 0.15) is 12.4 Å². The number of benzene rings is 3. The maximum atomic E-state index is 13.9. The largest absolute Gasteiger partial charge is 0.488 e. The minimum atomic E-state index is -0.630. The number of carbonyl (C=O) groups is 1. The lowest BCUT2D eigenvalue weighted by atomic mass is 9.93. The third-order valence-corrected chi connectivity index (χ3v) is 8.53. The fourth-order valence-electron chi connectivity index (χ4n) is 4.78. The van der Waals surface area contributed by atoms with Crippen molar-refractivity contribution >= 4 is 39.3 Å². The van der Waals surface area contributed by atoms with E-state index in [-0.39, 0.29) is 12.2 Å². The minimum Gasteiger partial charge on any atom is -0.488 e. The van der Waals surface area contributed by atoms with Crippen molar-refractivity contribution in [1.29, 1.82) is 0 Å². The predicted octanol–water partition coefficient (Wildman–Crippen LogP) is 6.26. The number of nitrogens with zero attached hydrogens (tertiary/aromatic N) is 2. The zero-order chi connectivity index (χ0) is 29.1. The molecule has 0 saturated heterocycles. The molecule has 0 unspecified atom stereocenters. The Morgan fingerprint density at radius 2 is 1.83 bits per heavy atom. The van der Waals surface area contributed by atoms with Gasteiger partial charge < -0.3 is 9.47 Å². The van der Waals surface area contributed by atoms with E-state index in [0.29, 0.717) is 38.9 Å². The molecule has 8 heteroatoms. The fourth-order valence-corrected chi connectivity index (χ4v) is 6.34. The molecule has 1 aromatic heterocycles. The second-order valence-corrected chi connectivity index (χ2v) is 12.0. The average molecular weight is 632 g/mol. The monoisotopic (exact) mass is 630 g/mol. The van der Waals surface area contributed by atoms with Crippen molar-refractivity contribution in [2.24, 2.45) is 4.99 Å². The second kappa shape index (κ2) is 12.4. The molecular formula is C33H31BrN2O4S. The van der Waals surface area contributed by atoms with Crippen molar-refractivity contribution < 1.29 is 14.3 Å². The van der Waals surface area contributed by atoms with Crippen LogP contribution in [0.25, 0.3) is 6.08 Å². The summed E-state index contributed by atoms with van der Waals surface area (Å²) in [6, 6.07) is 23.1. The van der Waals surface area contributed by atoms with Gasteiger partial charge in [0.2, 0.25) is 0 Å². The molecule has 4 aromatic rings. The van der Waals surface area contributed by atoms with Gasteiger partial charge in [0.05, 0.1) is 32.9 Å². The zero-order valence-corrected chi connectivity index (χ0v) is 25.8. The van der Waals surface area contributed by atoms with E-state index >= 15 is 0 Å². The fraction of sp³-hybridized carbons (Fsp3) is 0.242. The van der Waals surface area contributed by atoms with Crippen LogP contribution < -0.4 is 19.6 Å². The number of hydrogen-bond acceptors (Lipinski definition) is 6. The summed E-state index contributed by atoms with van der Waals surface area (Å²) in [5.74, 6) is 0.616. The highest BCUT2D eigenvalue weighted by Gasteiger charge is 2.33. The van der Waals surface area contributed by atoms with Gasteiger partial charge in [0, 0.05) is 0 Å². The summed E-state index contributed by atoms with van der Waals surface area (Å²) in [5, 5.41) is 0. The van der Waals surface area contributed by atoms with Gasteiger partial charge in [0.15, 0.2) is 4.80 Å². The third kappa shape index (κ3) is 6.14. The lowest BCUT2D eigenvalue weighted by molar-refractivity contribution is -0.139. The van der Waals surface area contributed by atoms with Gasteiger partial charge in [0.25, 0.3) is 5.56 Å². The van der Waals surface area contributed by atoms with Crippen LogP contribution in [0.5, 0.6) is 5.75 Å². The molecular weight excluding hydrogens is 600 g/mol. The molecule has 5 rings (SSSR count). The van der Waals surface area contributed by atoms with Crippen LogP contribution in [0, 0.1) is 0 Å². The maximum absolute atomic E-state index is 13.9. The molecule has 1 aliphatic heterocycles. The van der Waals surface area contributed by atoms with Crippen LogP contribution >= 0.6 is 27.3 Å².